The monoisotopic (exact) mass is 219 g/mol. The van der Waals surface area contributed by atoms with Gasteiger partial charge in [-0.25, -0.2) is 18.4 Å². The Balaban J connectivity index is 3.08. The number of amides is 1. The number of amidine groups is 1. The second kappa shape index (κ2) is 2.94. The van der Waals surface area contributed by atoms with Crippen molar-refractivity contribution in [3.05, 3.63) is 0 Å². The number of hydrazine groups is 1. The van der Waals surface area contributed by atoms with Crippen molar-refractivity contribution < 1.29 is 13.2 Å². The topological polar surface area (TPSA) is 78.8 Å². The molecule has 0 saturated heterocycles. The maximum atomic E-state index is 11.2. The van der Waals surface area contributed by atoms with Gasteiger partial charge in [-0.05, 0) is 13.8 Å². The van der Waals surface area contributed by atoms with Gasteiger partial charge in [-0.15, -0.1) is 0 Å². The Labute approximate surface area is 82.9 Å². The highest BCUT2D eigenvalue weighted by molar-refractivity contribution is 8.05. The molecule has 1 aliphatic rings. The molecule has 80 valence electrons. The molecule has 6 nitrogen and oxygen atoms in total. The second-order valence-electron chi connectivity index (χ2n) is 3.65. The molecule has 0 radical (unpaired) electrons. The average Bonchev–Trinajstić information content (AvgIpc) is 2.23. The van der Waals surface area contributed by atoms with Crippen LogP contribution in [0.4, 0.5) is 0 Å². The summed E-state index contributed by atoms with van der Waals surface area (Å²) in [6.07, 6.45) is 1.04. The summed E-state index contributed by atoms with van der Waals surface area (Å²) in [4.78, 5) is 15.0. The third-order valence-electron chi connectivity index (χ3n) is 1.80. The highest BCUT2D eigenvalue weighted by Gasteiger charge is 2.38. The Bertz CT molecular complexity index is 396. The zero-order valence-corrected chi connectivity index (χ0v) is 9.34. The summed E-state index contributed by atoms with van der Waals surface area (Å²) in [7, 11) is -3.40. The predicted octanol–water partition coefficient (Wildman–Crippen LogP) is -0.510. The molecule has 0 atom stereocenters. The lowest BCUT2D eigenvalue weighted by Gasteiger charge is -2.27. The van der Waals surface area contributed by atoms with Crippen LogP contribution in [0.3, 0.4) is 0 Å². The van der Waals surface area contributed by atoms with Crippen LogP contribution in [-0.2, 0) is 14.6 Å². The average molecular weight is 219 g/mol. The Morgan fingerprint density at radius 2 is 2.00 bits per heavy atom. The van der Waals surface area contributed by atoms with Crippen LogP contribution in [0.25, 0.3) is 0 Å². The first-order chi connectivity index (χ1) is 6.14. The molecule has 0 unspecified atom stereocenters. The molecule has 0 bridgehead atoms. The van der Waals surface area contributed by atoms with E-state index in [0.29, 0.717) is 0 Å². The largest absolute Gasteiger partial charge is 0.273 e. The fourth-order valence-corrected chi connectivity index (χ4v) is 1.83. The van der Waals surface area contributed by atoms with Gasteiger partial charge < -0.3 is 0 Å². The molecule has 1 rings (SSSR count). The molecule has 0 saturated carbocycles. The number of rotatable bonds is 0. The van der Waals surface area contributed by atoms with Crippen molar-refractivity contribution in [3.8, 4) is 0 Å². The van der Waals surface area contributed by atoms with Crippen LogP contribution in [0.5, 0.6) is 0 Å². The lowest BCUT2D eigenvalue weighted by molar-refractivity contribution is -0.135. The summed E-state index contributed by atoms with van der Waals surface area (Å²) >= 11 is 0. The van der Waals surface area contributed by atoms with Crippen molar-refractivity contribution in [2.24, 2.45) is 4.99 Å². The smallest absolute Gasteiger partial charge is 0.240 e. The molecular weight excluding hydrogens is 206 g/mol. The van der Waals surface area contributed by atoms with Crippen LogP contribution in [0.1, 0.15) is 20.8 Å². The van der Waals surface area contributed by atoms with Crippen LogP contribution in [0, 0.1) is 0 Å². The van der Waals surface area contributed by atoms with Crippen LogP contribution in [-0.4, -0.2) is 36.4 Å². The van der Waals surface area contributed by atoms with Crippen molar-refractivity contribution in [1.82, 2.24) is 10.4 Å². The molecule has 0 aliphatic carbocycles. The van der Waals surface area contributed by atoms with Crippen molar-refractivity contribution in [1.29, 1.82) is 0 Å². The van der Waals surface area contributed by atoms with Gasteiger partial charge in [-0.2, -0.15) is 0 Å². The van der Waals surface area contributed by atoms with E-state index in [0.717, 1.165) is 6.26 Å². The standard InChI is InChI=1S/C7H13N3O3S/c1-5(11)10-7(2,3)8-6(9-10)14(4,12)13/h1-4H3,(H,8,9). The van der Waals surface area contributed by atoms with E-state index >= 15 is 0 Å². The number of carbonyl (C=O) groups excluding carboxylic acids is 1. The molecule has 7 heteroatoms. The first-order valence-corrected chi connectivity index (χ1v) is 5.91. The van der Waals surface area contributed by atoms with E-state index < -0.39 is 15.5 Å². The molecule has 0 aromatic rings. The van der Waals surface area contributed by atoms with Gasteiger partial charge in [-0.1, -0.05) is 0 Å². The first-order valence-electron chi connectivity index (χ1n) is 4.02. The summed E-state index contributed by atoms with van der Waals surface area (Å²) in [5, 5.41) is 1.02. The number of hydrogen-bond donors (Lipinski definition) is 1. The minimum absolute atomic E-state index is 0.169. The van der Waals surface area contributed by atoms with E-state index in [-0.39, 0.29) is 11.1 Å². The maximum Gasteiger partial charge on any atom is 0.240 e. The molecule has 0 aromatic heterocycles. The van der Waals surface area contributed by atoms with Crippen LogP contribution >= 0.6 is 0 Å². The van der Waals surface area contributed by atoms with E-state index in [2.05, 4.69) is 10.4 Å². The zero-order valence-electron chi connectivity index (χ0n) is 8.53. The van der Waals surface area contributed by atoms with E-state index in [1.807, 2.05) is 0 Å². The lowest BCUT2D eigenvalue weighted by Crippen LogP contribution is -2.49. The van der Waals surface area contributed by atoms with Crippen molar-refractivity contribution in [2.45, 2.75) is 26.4 Å². The number of sulfone groups is 1. The van der Waals surface area contributed by atoms with Gasteiger partial charge in [0.15, 0.2) is 5.66 Å². The minimum atomic E-state index is -3.40. The van der Waals surface area contributed by atoms with E-state index in [1.165, 1.54) is 11.9 Å². The number of nitrogens with one attached hydrogen (secondary N) is 1. The van der Waals surface area contributed by atoms with Gasteiger partial charge >= 0.3 is 0 Å². The van der Waals surface area contributed by atoms with Crippen LogP contribution in [0.15, 0.2) is 4.99 Å². The first kappa shape index (κ1) is 11.0. The molecule has 1 heterocycles. The molecule has 0 spiro atoms. The number of aliphatic imine (C=N–C) groups is 1. The van der Waals surface area contributed by atoms with Crippen molar-refractivity contribution in [3.63, 3.8) is 0 Å². The maximum absolute atomic E-state index is 11.2. The second-order valence-corrected chi connectivity index (χ2v) is 5.58. The number of carbonyl (C=O) groups is 1. The number of hydrogen-bond acceptors (Lipinski definition) is 5. The van der Waals surface area contributed by atoms with Gasteiger partial charge in [0.2, 0.25) is 20.9 Å². The van der Waals surface area contributed by atoms with Crippen molar-refractivity contribution in [2.75, 3.05) is 6.26 Å². The Hall–Kier alpha value is -1.11. The summed E-state index contributed by atoms with van der Waals surface area (Å²) in [5.74, 6) is -0.280. The molecule has 1 amide bonds. The van der Waals surface area contributed by atoms with E-state index in [1.54, 1.807) is 13.8 Å². The van der Waals surface area contributed by atoms with Gasteiger partial charge in [0.1, 0.15) is 0 Å². The molecule has 14 heavy (non-hydrogen) atoms. The SMILES string of the molecule is CC(=O)N1NC(S(C)(=O)=O)=NC1(C)C. The van der Waals surface area contributed by atoms with E-state index in [4.69, 9.17) is 0 Å². The summed E-state index contributed by atoms with van der Waals surface area (Å²) in [5.41, 5.74) is 1.61. The third kappa shape index (κ3) is 1.87. The third-order valence-corrected chi connectivity index (χ3v) is 2.68. The fraction of sp³-hybridized carbons (Fsp3) is 0.714. The minimum Gasteiger partial charge on any atom is -0.273 e. The van der Waals surface area contributed by atoms with Crippen molar-refractivity contribution >= 4 is 20.9 Å². The zero-order chi connectivity index (χ0) is 11.1. The molecule has 0 aromatic carbocycles. The predicted molar refractivity (Wildman–Crippen MR) is 52.0 cm³/mol. The highest BCUT2D eigenvalue weighted by atomic mass is 32.2. The Morgan fingerprint density at radius 1 is 1.50 bits per heavy atom. The highest BCUT2D eigenvalue weighted by Crippen LogP contribution is 2.20. The quantitative estimate of drug-likeness (QED) is 0.595. The summed E-state index contributed by atoms with van der Waals surface area (Å²) in [6.45, 7) is 4.65. The summed E-state index contributed by atoms with van der Waals surface area (Å²) in [6, 6.07) is 0. The van der Waals surface area contributed by atoms with Gasteiger partial charge in [-0.3, -0.25) is 10.2 Å². The van der Waals surface area contributed by atoms with Gasteiger partial charge in [0, 0.05) is 13.2 Å². The van der Waals surface area contributed by atoms with Gasteiger partial charge in [0.05, 0.1) is 0 Å². The fourth-order valence-electron chi connectivity index (χ4n) is 1.19. The Morgan fingerprint density at radius 3 is 2.21 bits per heavy atom. The van der Waals surface area contributed by atoms with Crippen LogP contribution < -0.4 is 5.43 Å². The lowest BCUT2D eigenvalue weighted by atomic mass is 10.2. The molecule has 1 aliphatic heterocycles. The molecular formula is C7H13N3O3S. The van der Waals surface area contributed by atoms with Gasteiger partial charge in [0.25, 0.3) is 0 Å². The summed E-state index contributed by atoms with van der Waals surface area (Å²) < 4.78 is 22.3. The van der Waals surface area contributed by atoms with E-state index in [9.17, 15) is 13.2 Å². The Kier molecular flexibility index (Phi) is 2.31. The van der Waals surface area contributed by atoms with Crippen LogP contribution in [0.2, 0.25) is 0 Å². The number of nitrogens with zero attached hydrogens (tertiary/aromatic N) is 2. The molecule has 0 fully saturated rings. The normalized spacial score (nSPS) is 20.3. The molecule has 1 N–H and O–H groups in total.